The fourth-order valence-electron chi connectivity index (χ4n) is 3.68. The summed E-state index contributed by atoms with van der Waals surface area (Å²) in [5.74, 6) is -0.832. The summed E-state index contributed by atoms with van der Waals surface area (Å²) >= 11 is 0. The van der Waals surface area contributed by atoms with E-state index in [0.717, 1.165) is 15.9 Å². The van der Waals surface area contributed by atoms with Gasteiger partial charge in [0.2, 0.25) is 0 Å². The Hall–Kier alpha value is -2.94. The van der Waals surface area contributed by atoms with Crippen molar-refractivity contribution in [1.29, 1.82) is 0 Å². The van der Waals surface area contributed by atoms with E-state index in [9.17, 15) is 9.59 Å². The van der Waals surface area contributed by atoms with Gasteiger partial charge in [0.1, 0.15) is 5.29 Å². The summed E-state index contributed by atoms with van der Waals surface area (Å²) in [4.78, 5) is 26.8. The van der Waals surface area contributed by atoms with Gasteiger partial charge in [-0.05, 0) is 36.3 Å². The number of carbonyl (C=O) groups is 2. The lowest BCUT2D eigenvalue weighted by Crippen LogP contribution is -2.39. The molecule has 0 atom stereocenters. The maximum atomic E-state index is 13.4. The van der Waals surface area contributed by atoms with Crippen LogP contribution in [0.15, 0.2) is 91.0 Å². The van der Waals surface area contributed by atoms with E-state index in [1.807, 2.05) is 91.0 Å². The van der Waals surface area contributed by atoms with E-state index in [-0.39, 0.29) is 30.6 Å². The Morgan fingerprint density at radius 2 is 1.17 bits per heavy atom. The van der Waals surface area contributed by atoms with Gasteiger partial charge in [0.15, 0.2) is 5.78 Å². The molecule has 30 heavy (non-hydrogen) atoms. The molecule has 0 unspecified atom stereocenters. The highest BCUT2D eigenvalue weighted by molar-refractivity contribution is 7.97. The molecule has 4 nitrogen and oxygen atoms in total. The van der Waals surface area contributed by atoms with Gasteiger partial charge in [0.25, 0.3) is 0 Å². The highest BCUT2D eigenvalue weighted by atomic mass is 31.2. The van der Waals surface area contributed by atoms with E-state index in [4.69, 9.17) is 10.5 Å². The van der Waals surface area contributed by atoms with E-state index in [2.05, 4.69) is 0 Å². The van der Waals surface area contributed by atoms with Gasteiger partial charge >= 0.3 is 5.97 Å². The highest BCUT2D eigenvalue weighted by Gasteiger charge is 2.37. The molecule has 5 heteroatoms. The molecule has 0 amide bonds. The summed E-state index contributed by atoms with van der Waals surface area (Å²) in [7, 11) is 0. The number of carbonyl (C=O) groups excluding carboxylic acids is 2. The van der Waals surface area contributed by atoms with E-state index >= 15 is 0 Å². The summed E-state index contributed by atoms with van der Waals surface area (Å²) in [6, 6.07) is 29.3. The maximum Gasteiger partial charge on any atom is 0.342 e. The molecule has 0 saturated carbocycles. The zero-order valence-corrected chi connectivity index (χ0v) is 17.9. The van der Waals surface area contributed by atoms with Gasteiger partial charge in [-0.2, -0.15) is 0 Å². The van der Waals surface area contributed by atoms with Crippen molar-refractivity contribution < 1.29 is 14.3 Å². The minimum atomic E-state index is -2.80. The number of benzene rings is 3. The second-order valence-corrected chi connectivity index (χ2v) is 10.0. The molecule has 3 rings (SSSR count). The maximum absolute atomic E-state index is 13.4. The van der Waals surface area contributed by atoms with Crippen LogP contribution >= 0.6 is 6.89 Å². The molecular formula is C25H26NO3P. The lowest BCUT2D eigenvalue weighted by molar-refractivity contribution is -0.135. The predicted octanol–water partition coefficient (Wildman–Crippen LogP) is 2.63. The molecule has 0 bridgehead atoms. The second kappa shape index (κ2) is 10.2. The lowest BCUT2D eigenvalue weighted by Gasteiger charge is -2.31. The molecule has 3 aromatic carbocycles. The molecule has 0 radical (unpaired) electrons. The van der Waals surface area contributed by atoms with Gasteiger partial charge in [-0.3, -0.25) is 4.79 Å². The number of ether oxygens (including phenoxy) is 1. The topological polar surface area (TPSA) is 69.4 Å². The molecule has 0 aliphatic rings. The number of hydrogen-bond acceptors (Lipinski definition) is 4. The Morgan fingerprint density at radius 3 is 1.50 bits per heavy atom. The van der Waals surface area contributed by atoms with Crippen LogP contribution in [0.1, 0.15) is 13.3 Å². The Balaban J connectivity index is 2.59. The van der Waals surface area contributed by atoms with Crippen LogP contribution in [0.4, 0.5) is 0 Å². The molecule has 0 aliphatic heterocycles. The molecule has 0 aliphatic carbocycles. The van der Waals surface area contributed by atoms with Crippen molar-refractivity contribution in [2.75, 3.05) is 13.2 Å². The molecule has 0 spiro atoms. The Kier molecular flexibility index (Phi) is 7.40. The molecule has 154 valence electrons. The first kappa shape index (κ1) is 21.8. The van der Waals surface area contributed by atoms with Gasteiger partial charge in [0, 0.05) is 6.42 Å². The van der Waals surface area contributed by atoms with E-state index in [1.165, 1.54) is 0 Å². The van der Waals surface area contributed by atoms with Gasteiger partial charge < -0.3 is 10.5 Å². The third-order valence-corrected chi connectivity index (χ3v) is 9.19. The van der Waals surface area contributed by atoms with E-state index in [1.54, 1.807) is 6.92 Å². The van der Waals surface area contributed by atoms with Crippen molar-refractivity contribution in [3.8, 4) is 0 Å². The first-order valence-electron chi connectivity index (χ1n) is 10.00. The van der Waals surface area contributed by atoms with Crippen molar-refractivity contribution in [3.05, 3.63) is 91.0 Å². The van der Waals surface area contributed by atoms with Crippen LogP contribution < -0.4 is 21.6 Å². The van der Waals surface area contributed by atoms with Crippen LogP contribution in [0.2, 0.25) is 0 Å². The van der Waals surface area contributed by atoms with Crippen molar-refractivity contribution in [2.45, 2.75) is 13.3 Å². The van der Waals surface area contributed by atoms with Crippen LogP contribution in [0.25, 0.3) is 0 Å². The molecule has 0 heterocycles. The summed E-state index contributed by atoms with van der Waals surface area (Å²) in [6.07, 6.45) is 0.0857. The summed E-state index contributed by atoms with van der Waals surface area (Å²) < 4.78 is 5.43. The zero-order chi connectivity index (χ0) is 21.4. The average molecular weight is 419 g/mol. The Labute approximate surface area is 177 Å². The average Bonchev–Trinajstić information content (AvgIpc) is 2.79. The lowest BCUT2D eigenvalue weighted by atomic mass is 10.2. The molecular weight excluding hydrogens is 393 g/mol. The van der Waals surface area contributed by atoms with Crippen LogP contribution in [0.3, 0.4) is 0 Å². The number of rotatable bonds is 8. The summed E-state index contributed by atoms with van der Waals surface area (Å²) in [6.45, 7) is -0.694. The third-order valence-electron chi connectivity index (χ3n) is 4.87. The summed E-state index contributed by atoms with van der Waals surface area (Å²) in [5, 5.41) is 2.97. The smallest absolute Gasteiger partial charge is 0.342 e. The fraction of sp³-hybridized carbons (Fsp3) is 0.160. The number of hydrogen-bond donors (Lipinski definition) is 1. The van der Waals surface area contributed by atoms with Gasteiger partial charge in [-0.25, -0.2) is 4.79 Å². The zero-order valence-electron chi connectivity index (χ0n) is 17.0. The van der Waals surface area contributed by atoms with E-state index < -0.39 is 12.9 Å². The van der Waals surface area contributed by atoms with Crippen molar-refractivity contribution in [3.63, 3.8) is 0 Å². The standard InChI is InChI=1S/C25H26NO3P/c1-2-29-25(28)24(23(27)18-19-26)30(20-12-6-3-7-13-20,21-14-8-4-9-15-21)22-16-10-5-11-17-22/h3-17H,2,18-19,26H2,1H3. The molecule has 0 saturated heterocycles. The van der Waals surface area contributed by atoms with Crippen LogP contribution in [0.5, 0.6) is 0 Å². The summed E-state index contributed by atoms with van der Waals surface area (Å²) in [5.41, 5.74) is 5.73. The highest BCUT2D eigenvalue weighted by Crippen LogP contribution is 2.46. The quantitative estimate of drug-likeness (QED) is 0.346. The van der Waals surface area contributed by atoms with Crippen LogP contribution in [-0.2, 0) is 14.3 Å². The fourth-order valence-corrected chi connectivity index (χ4v) is 8.03. The first-order chi connectivity index (χ1) is 14.7. The van der Waals surface area contributed by atoms with Crippen LogP contribution in [0, 0.1) is 0 Å². The normalized spacial score (nSPS) is 11.0. The minimum Gasteiger partial charge on any atom is -0.462 e. The number of ketones is 1. The number of nitrogens with two attached hydrogens (primary N) is 1. The predicted molar refractivity (Wildman–Crippen MR) is 125 cm³/mol. The van der Waals surface area contributed by atoms with Gasteiger partial charge in [-0.1, -0.05) is 91.0 Å². The second-order valence-electron chi connectivity index (χ2n) is 6.71. The van der Waals surface area contributed by atoms with Crippen molar-refractivity contribution in [1.82, 2.24) is 0 Å². The molecule has 2 N–H and O–H groups in total. The molecule has 0 aromatic heterocycles. The van der Waals surface area contributed by atoms with E-state index in [0.29, 0.717) is 0 Å². The van der Waals surface area contributed by atoms with Gasteiger partial charge in [-0.15, -0.1) is 0 Å². The van der Waals surface area contributed by atoms with Gasteiger partial charge in [0.05, 0.1) is 6.61 Å². The largest absolute Gasteiger partial charge is 0.462 e. The third kappa shape index (κ3) is 4.16. The van der Waals surface area contributed by atoms with Crippen molar-refractivity contribution in [2.24, 2.45) is 5.73 Å². The first-order valence-corrected chi connectivity index (χ1v) is 11.8. The number of esters is 1. The monoisotopic (exact) mass is 419 g/mol. The SMILES string of the molecule is CCOC(=O)C(C(=O)CCN)=P(c1ccccc1)(c1ccccc1)c1ccccc1. The van der Waals surface area contributed by atoms with Crippen molar-refractivity contribution >= 4 is 39.8 Å². The minimum absolute atomic E-state index is 0.0857. The Morgan fingerprint density at radius 1 is 0.767 bits per heavy atom. The Bertz CT molecular complexity index is 924. The van der Waals surface area contributed by atoms with Crippen LogP contribution in [-0.4, -0.2) is 30.2 Å². The number of Topliss-reactive ketones (excluding diaryl/α,β-unsaturated/α-hetero) is 1. The molecule has 3 aromatic rings. The molecule has 0 fully saturated rings.